The van der Waals surface area contributed by atoms with Gasteiger partial charge in [0.1, 0.15) is 0 Å². The van der Waals surface area contributed by atoms with Gasteiger partial charge in [-0.15, -0.1) is 18.5 Å². The Bertz CT molecular complexity index is 1190. The Morgan fingerprint density at radius 1 is 0.579 bits per heavy atom. The van der Waals surface area contributed by atoms with Gasteiger partial charge in [0.05, 0.1) is 0 Å². The van der Waals surface area contributed by atoms with Gasteiger partial charge >= 0.3 is 0 Å². The SMILES string of the molecule is C[C@@]12CCCC1C1CCc3c(ccc(P)c3-c3c(P)ccc4c3CCC3C4CC[C@]4(C)CCCC34)C1CC2. The topological polar surface area (TPSA) is 0 Å². The van der Waals surface area contributed by atoms with Gasteiger partial charge in [-0.1, -0.05) is 51.0 Å². The lowest BCUT2D eigenvalue weighted by Crippen LogP contribution is -2.40. The van der Waals surface area contributed by atoms with Crippen molar-refractivity contribution in [3.63, 3.8) is 0 Å². The maximum absolute atomic E-state index is 3.17. The van der Waals surface area contributed by atoms with Crippen molar-refractivity contribution in [2.24, 2.45) is 34.5 Å². The summed E-state index contributed by atoms with van der Waals surface area (Å²) in [4.78, 5) is 0. The number of hydrogen-bond donors (Lipinski definition) is 0. The smallest absolute Gasteiger partial charge is 0.00682 e. The summed E-state index contributed by atoms with van der Waals surface area (Å²) < 4.78 is 0. The highest BCUT2D eigenvalue weighted by atomic mass is 31.0. The van der Waals surface area contributed by atoms with Gasteiger partial charge in [0.25, 0.3) is 0 Å². The van der Waals surface area contributed by atoms with Gasteiger partial charge in [0.2, 0.25) is 0 Å². The third-order valence-corrected chi connectivity index (χ3v) is 14.7. The van der Waals surface area contributed by atoms with Crippen LogP contribution in [0.15, 0.2) is 24.3 Å². The zero-order valence-electron chi connectivity index (χ0n) is 23.8. The van der Waals surface area contributed by atoms with Gasteiger partial charge in [-0.2, -0.15) is 0 Å². The monoisotopic (exact) mass is 542 g/mol. The molecule has 0 radical (unpaired) electrons. The van der Waals surface area contributed by atoms with E-state index in [0.29, 0.717) is 10.8 Å². The van der Waals surface area contributed by atoms with E-state index in [1.807, 2.05) is 0 Å². The Morgan fingerprint density at radius 2 is 1.03 bits per heavy atom. The largest absolute Gasteiger partial charge is 0.105 e. The van der Waals surface area contributed by atoms with Crippen LogP contribution in [0.4, 0.5) is 0 Å². The van der Waals surface area contributed by atoms with Crippen molar-refractivity contribution in [1.29, 1.82) is 0 Å². The fourth-order valence-electron chi connectivity index (χ4n) is 11.9. The molecule has 0 amide bonds. The molecule has 202 valence electrons. The van der Waals surface area contributed by atoms with Crippen LogP contribution < -0.4 is 10.6 Å². The van der Waals surface area contributed by atoms with E-state index in [0.717, 1.165) is 35.5 Å². The lowest BCUT2D eigenvalue weighted by Gasteiger charge is -2.50. The zero-order chi connectivity index (χ0) is 25.8. The normalized spacial score (nSPS) is 40.9. The second-order valence-corrected chi connectivity index (χ2v) is 16.4. The molecule has 0 aliphatic heterocycles. The third kappa shape index (κ3) is 3.48. The number of hydrogen-bond acceptors (Lipinski definition) is 0. The summed E-state index contributed by atoms with van der Waals surface area (Å²) in [7, 11) is 6.34. The van der Waals surface area contributed by atoms with Crippen LogP contribution >= 0.6 is 18.5 Å². The van der Waals surface area contributed by atoms with Crippen LogP contribution in [0.2, 0.25) is 0 Å². The van der Waals surface area contributed by atoms with Crippen LogP contribution in [-0.4, -0.2) is 0 Å². The summed E-state index contributed by atoms with van der Waals surface area (Å²) in [5, 5.41) is 2.88. The molecule has 2 aromatic rings. The van der Waals surface area contributed by atoms with Gasteiger partial charge in [-0.25, -0.2) is 0 Å². The molecule has 2 heteroatoms. The maximum Gasteiger partial charge on any atom is -0.00682 e. The molecular weight excluding hydrogens is 494 g/mol. The van der Waals surface area contributed by atoms with Crippen LogP contribution in [0.5, 0.6) is 0 Å². The molecule has 0 aromatic heterocycles. The molecule has 0 nitrogen and oxygen atoms in total. The van der Waals surface area contributed by atoms with E-state index in [4.69, 9.17) is 0 Å². The predicted octanol–water partition coefficient (Wildman–Crippen LogP) is 8.85. The van der Waals surface area contributed by atoms with Crippen LogP contribution in [0.25, 0.3) is 11.1 Å². The molecule has 4 saturated carbocycles. The minimum absolute atomic E-state index is 0.639. The molecule has 2 aromatic carbocycles. The first kappa shape index (κ1) is 25.0. The molecule has 6 aliphatic rings. The Labute approximate surface area is 236 Å². The highest BCUT2D eigenvalue weighted by Crippen LogP contribution is 2.63. The molecule has 8 rings (SSSR count). The number of fused-ring (bicyclic) bond motifs is 10. The standard InChI is InChI=1S/C36H48P2/c1-35-17-3-5-29(35)25-7-9-27-21(23(25)15-19-35)11-13-31(37)33(27)34-28-10-8-26-24(22(28)12-14-32(34)38)16-20-36(2)18-4-6-30(26)36/h11-14,23-26,29-30H,3-10,15-20,37-38H2,1-2H3/t23?,24?,25?,26?,29?,30?,35-,36-/m0/s1. The predicted molar refractivity (Wildman–Crippen MR) is 169 cm³/mol. The molecule has 0 bridgehead atoms. The fourth-order valence-corrected chi connectivity index (χ4v) is 12.8. The summed E-state index contributed by atoms with van der Waals surface area (Å²) in [5.41, 5.74) is 11.5. The van der Waals surface area contributed by atoms with Crippen molar-refractivity contribution in [1.82, 2.24) is 0 Å². The first-order chi connectivity index (χ1) is 18.4. The van der Waals surface area contributed by atoms with Crippen molar-refractivity contribution in [2.75, 3.05) is 0 Å². The summed E-state index contributed by atoms with van der Waals surface area (Å²) in [5.74, 6) is 5.40. The van der Waals surface area contributed by atoms with E-state index in [1.54, 1.807) is 33.4 Å². The van der Waals surface area contributed by atoms with E-state index in [-0.39, 0.29) is 0 Å². The zero-order valence-corrected chi connectivity index (χ0v) is 26.1. The molecule has 0 saturated heterocycles. The highest BCUT2D eigenvalue weighted by molar-refractivity contribution is 7.29. The van der Waals surface area contributed by atoms with Crippen LogP contribution in [-0.2, 0) is 12.8 Å². The van der Waals surface area contributed by atoms with Gasteiger partial charge in [-0.3, -0.25) is 0 Å². The van der Waals surface area contributed by atoms with E-state index in [2.05, 4.69) is 56.6 Å². The molecular formula is C36H48P2. The summed E-state index contributed by atoms with van der Waals surface area (Å²) in [6.45, 7) is 5.27. The van der Waals surface area contributed by atoms with Crippen LogP contribution in [0, 0.1) is 34.5 Å². The Morgan fingerprint density at radius 3 is 1.47 bits per heavy atom. The Hall–Kier alpha value is -0.700. The van der Waals surface area contributed by atoms with Gasteiger partial charge in [0, 0.05) is 0 Å². The Balaban J connectivity index is 1.22. The van der Waals surface area contributed by atoms with E-state index < -0.39 is 0 Å². The Kier molecular flexibility index (Phi) is 5.86. The van der Waals surface area contributed by atoms with Crippen molar-refractivity contribution in [3.05, 3.63) is 46.5 Å². The van der Waals surface area contributed by atoms with Crippen LogP contribution in [0.1, 0.15) is 125 Å². The molecule has 0 spiro atoms. The first-order valence-electron chi connectivity index (χ1n) is 16.2. The summed E-state index contributed by atoms with van der Waals surface area (Å²) in [6, 6.07) is 10.1. The van der Waals surface area contributed by atoms with Crippen LogP contribution in [0.3, 0.4) is 0 Å². The molecule has 8 unspecified atom stereocenters. The minimum Gasteiger partial charge on any atom is -0.105 e. The number of rotatable bonds is 1. The first-order valence-corrected chi connectivity index (χ1v) is 17.4. The van der Waals surface area contributed by atoms with Gasteiger partial charge in [0.15, 0.2) is 0 Å². The van der Waals surface area contributed by atoms with E-state index in [9.17, 15) is 0 Å². The average Bonchev–Trinajstić information content (AvgIpc) is 3.51. The number of benzene rings is 2. The molecule has 6 aliphatic carbocycles. The van der Waals surface area contributed by atoms with Crippen molar-refractivity contribution < 1.29 is 0 Å². The second-order valence-electron chi connectivity index (χ2n) is 15.2. The van der Waals surface area contributed by atoms with Crippen molar-refractivity contribution >= 4 is 29.1 Å². The van der Waals surface area contributed by atoms with Gasteiger partial charge < -0.3 is 0 Å². The molecule has 0 heterocycles. The maximum atomic E-state index is 3.17. The molecule has 38 heavy (non-hydrogen) atoms. The average molecular weight is 543 g/mol. The third-order valence-electron chi connectivity index (χ3n) is 13.7. The quantitative estimate of drug-likeness (QED) is 0.316. The molecule has 4 fully saturated rings. The highest BCUT2D eigenvalue weighted by Gasteiger charge is 2.52. The van der Waals surface area contributed by atoms with E-state index >= 15 is 0 Å². The molecule has 0 N–H and O–H groups in total. The fraction of sp³-hybridized carbons (Fsp3) is 0.667. The minimum atomic E-state index is 0.639. The second kappa shape index (κ2) is 8.90. The molecule has 10 atom stereocenters. The summed E-state index contributed by atoms with van der Waals surface area (Å²) in [6.07, 6.45) is 20.1. The van der Waals surface area contributed by atoms with Crippen molar-refractivity contribution in [2.45, 2.75) is 116 Å². The van der Waals surface area contributed by atoms with Crippen molar-refractivity contribution in [3.8, 4) is 11.1 Å². The lowest BCUT2D eigenvalue weighted by atomic mass is 9.55. The van der Waals surface area contributed by atoms with E-state index in [1.165, 1.54) is 101 Å². The lowest BCUT2D eigenvalue weighted by molar-refractivity contribution is 0.0597. The summed E-state index contributed by atoms with van der Waals surface area (Å²) >= 11 is 0. The van der Waals surface area contributed by atoms with Gasteiger partial charge in [-0.05, 0) is 167 Å².